The summed E-state index contributed by atoms with van der Waals surface area (Å²) in [6, 6.07) is 7.74. The molecule has 0 spiro atoms. The van der Waals surface area contributed by atoms with E-state index in [-0.39, 0.29) is 18.6 Å². The van der Waals surface area contributed by atoms with E-state index in [1.165, 1.54) is 0 Å². The number of likely N-dealkylation sites (N-methyl/N-ethyl adjacent to an activating group) is 1. The van der Waals surface area contributed by atoms with Crippen LogP contribution in [-0.2, 0) is 4.79 Å². The number of benzene rings is 1. The molecular weight excluding hydrogens is 266 g/mol. The molecule has 5 nitrogen and oxygen atoms in total. The van der Waals surface area contributed by atoms with E-state index in [4.69, 9.17) is 10.5 Å². The number of hydrogen-bond donors (Lipinski definition) is 1. The van der Waals surface area contributed by atoms with Crippen molar-refractivity contribution in [2.45, 2.75) is 19.4 Å². The molecule has 0 unspecified atom stereocenters. The van der Waals surface area contributed by atoms with Gasteiger partial charge in [-0.25, -0.2) is 0 Å². The molecule has 1 fully saturated rings. The van der Waals surface area contributed by atoms with Gasteiger partial charge in [-0.3, -0.25) is 4.79 Å². The van der Waals surface area contributed by atoms with Crippen molar-refractivity contribution in [2.24, 2.45) is 5.73 Å². The Morgan fingerprint density at radius 3 is 2.43 bits per heavy atom. The van der Waals surface area contributed by atoms with Crippen molar-refractivity contribution in [1.82, 2.24) is 9.80 Å². The topological polar surface area (TPSA) is 58.8 Å². The molecule has 0 saturated carbocycles. The van der Waals surface area contributed by atoms with E-state index in [1.807, 2.05) is 29.2 Å². The molecule has 1 aliphatic rings. The standard InChI is InChI=1S/C16H25N3O2/c1-3-15(17)13-4-6-14(7-5-13)21-12-16(20)19-10-8-18(2)9-11-19/h4-7,15H,3,8-12,17H2,1-2H3/t15-/m1/s1. The predicted octanol–water partition coefficient (Wildman–Crippen LogP) is 1.25. The minimum Gasteiger partial charge on any atom is -0.484 e. The summed E-state index contributed by atoms with van der Waals surface area (Å²) in [6.07, 6.45) is 0.905. The summed E-state index contributed by atoms with van der Waals surface area (Å²) in [4.78, 5) is 16.1. The van der Waals surface area contributed by atoms with Crippen molar-refractivity contribution in [3.8, 4) is 5.75 Å². The SMILES string of the molecule is CC[C@@H](N)c1ccc(OCC(=O)N2CCN(C)CC2)cc1. The van der Waals surface area contributed by atoms with Crippen LogP contribution in [0, 0.1) is 0 Å². The minimum absolute atomic E-state index is 0.0532. The van der Waals surface area contributed by atoms with Gasteiger partial charge in [0.25, 0.3) is 5.91 Å². The molecule has 1 heterocycles. The fourth-order valence-corrected chi connectivity index (χ4v) is 2.34. The fourth-order valence-electron chi connectivity index (χ4n) is 2.34. The highest BCUT2D eigenvalue weighted by Crippen LogP contribution is 2.18. The average molecular weight is 291 g/mol. The first-order chi connectivity index (χ1) is 10.1. The minimum atomic E-state index is 0.0532. The van der Waals surface area contributed by atoms with Gasteiger partial charge in [-0.05, 0) is 31.2 Å². The van der Waals surface area contributed by atoms with Crippen molar-refractivity contribution in [2.75, 3.05) is 39.8 Å². The highest BCUT2D eigenvalue weighted by atomic mass is 16.5. The van der Waals surface area contributed by atoms with Gasteiger partial charge in [-0.2, -0.15) is 0 Å². The van der Waals surface area contributed by atoms with Crippen molar-refractivity contribution in [3.63, 3.8) is 0 Å². The van der Waals surface area contributed by atoms with Gasteiger partial charge in [-0.15, -0.1) is 0 Å². The molecule has 1 aliphatic heterocycles. The number of rotatable bonds is 5. The third kappa shape index (κ3) is 4.44. The molecule has 2 rings (SSSR count). The van der Waals surface area contributed by atoms with Crippen molar-refractivity contribution in [3.05, 3.63) is 29.8 Å². The van der Waals surface area contributed by atoms with Crippen molar-refractivity contribution >= 4 is 5.91 Å². The zero-order valence-electron chi connectivity index (χ0n) is 12.9. The lowest BCUT2D eigenvalue weighted by Crippen LogP contribution is -2.48. The number of amides is 1. The zero-order chi connectivity index (χ0) is 15.2. The van der Waals surface area contributed by atoms with Crippen molar-refractivity contribution in [1.29, 1.82) is 0 Å². The normalized spacial score (nSPS) is 17.6. The van der Waals surface area contributed by atoms with Crippen LogP contribution in [0.4, 0.5) is 0 Å². The Morgan fingerprint density at radius 2 is 1.86 bits per heavy atom. The van der Waals surface area contributed by atoms with E-state index in [1.54, 1.807) is 0 Å². The predicted molar refractivity (Wildman–Crippen MR) is 83.2 cm³/mol. The maximum Gasteiger partial charge on any atom is 0.260 e. The monoisotopic (exact) mass is 291 g/mol. The molecule has 0 aliphatic carbocycles. The van der Waals surface area contributed by atoms with Gasteiger partial charge in [0, 0.05) is 32.2 Å². The molecule has 1 atom stereocenters. The molecule has 1 saturated heterocycles. The summed E-state index contributed by atoms with van der Waals surface area (Å²) in [7, 11) is 2.07. The molecule has 0 radical (unpaired) electrons. The first-order valence-corrected chi connectivity index (χ1v) is 7.54. The number of piperazine rings is 1. The summed E-state index contributed by atoms with van der Waals surface area (Å²) in [5, 5.41) is 0. The molecule has 1 aromatic rings. The van der Waals surface area contributed by atoms with Gasteiger partial charge in [0.15, 0.2) is 6.61 Å². The first kappa shape index (κ1) is 15.8. The summed E-state index contributed by atoms with van der Waals surface area (Å²) in [5.74, 6) is 0.766. The van der Waals surface area contributed by atoms with E-state index in [0.717, 1.165) is 38.2 Å². The van der Waals surface area contributed by atoms with E-state index in [2.05, 4.69) is 18.9 Å². The molecule has 21 heavy (non-hydrogen) atoms. The van der Waals surface area contributed by atoms with Crippen LogP contribution in [0.15, 0.2) is 24.3 Å². The third-order valence-electron chi connectivity index (χ3n) is 3.97. The van der Waals surface area contributed by atoms with Crippen LogP contribution in [0.3, 0.4) is 0 Å². The molecule has 0 bridgehead atoms. The number of hydrogen-bond acceptors (Lipinski definition) is 4. The van der Waals surface area contributed by atoms with Gasteiger partial charge in [0.05, 0.1) is 0 Å². The Balaban J connectivity index is 1.81. The van der Waals surface area contributed by atoms with Crippen molar-refractivity contribution < 1.29 is 9.53 Å². The summed E-state index contributed by atoms with van der Waals surface area (Å²) < 4.78 is 5.57. The van der Waals surface area contributed by atoms with Crippen LogP contribution in [-0.4, -0.2) is 55.5 Å². The Morgan fingerprint density at radius 1 is 1.24 bits per heavy atom. The van der Waals surface area contributed by atoms with Crippen LogP contribution in [0.5, 0.6) is 5.75 Å². The summed E-state index contributed by atoms with van der Waals surface area (Å²) >= 11 is 0. The molecule has 0 aromatic heterocycles. The number of nitrogens with two attached hydrogens (primary N) is 1. The van der Waals surface area contributed by atoms with E-state index in [0.29, 0.717) is 5.75 Å². The Bertz CT molecular complexity index is 453. The second-order valence-electron chi connectivity index (χ2n) is 5.56. The van der Waals surface area contributed by atoms with E-state index < -0.39 is 0 Å². The third-order valence-corrected chi connectivity index (χ3v) is 3.97. The molecule has 116 valence electrons. The molecular formula is C16H25N3O2. The maximum atomic E-state index is 12.1. The highest BCUT2D eigenvalue weighted by molar-refractivity contribution is 5.77. The number of nitrogens with zero attached hydrogens (tertiary/aromatic N) is 2. The second kappa shape index (κ2) is 7.43. The lowest BCUT2D eigenvalue weighted by atomic mass is 10.1. The fraction of sp³-hybridized carbons (Fsp3) is 0.562. The quantitative estimate of drug-likeness (QED) is 0.887. The van der Waals surface area contributed by atoms with Gasteiger partial charge < -0.3 is 20.3 Å². The van der Waals surface area contributed by atoms with Crippen LogP contribution in [0.25, 0.3) is 0 Å². The van der Waals surface area contributed by atoms with Gasteiger partial charge in [0.1, 0.15) is 5.75 Å². The summed E-state index contributed by atoms with van der Waals surface area (Å²) in [5.41, 5.74) is 7.06. The smallest absolute Gasteiger partial charge is 0.260 e. The number of ether oxygens (including phenoxy) is 1. The van der Waals surface area contributed by atoms with Gasteiger partial charge in [-0.1, -0.05) is 19.1 Å². The zero-order valence-corrected chi connectivity index (χ0v) is 12.9. The Kier molecular flexibility index (Phi) is 5.59. The lowest BCUT2D eigenvalue weighted by Gasteiger charge is -2.32. The van der Waals surface area contributed by atoms with Gasteiger partial charge >= 0.3 is 0 Å². The largest absolute Gasteiger partial charge is 0.484 e. The van der Waals surface area contributed by atoms with E-state index >= 15 is 0 Å². The summed E-state index contributed by atoms with van der Waals surface area (Å²) in [6.45, 7) is 5.57. The maximum absolute atomic E-state index is 12.1. The molecule has 2 N–H and O–H groups in total. The Labute approximate surface area is 126 Å². The first-order valence-electron chi connectivity index (χ1n) is 7.54. The molecule has 1 amide bonds. The number of carbonyl (C=O) groups is 1. The second-order valence-corrected chi connectivity index (χ2v) is 5.56. The van der Waals surface area contributed by atoms with Crippen LogP contribution >= 0.6 is 0 Å². The van der Waals surface area contributed by atoms with Gasteiger partial charge in [0.2, 0.25) is 0 Å². The molecule has 5 heteroatoms. The van der Waals surface area contributed by atoms with E-state index in [9.17, 15) is 4.79 Å². The van der Waals surface area contributed by atoms with Crippen LogP contribution < -0.4 is 10.5 Å². The Hall–Kier alpha value is -1.59. The van der Waals surface area contributed by atoms with Crippen LogP contribution in [0.2, 0.25) is 0 Å². The lowest BCUT2D eigenvalue weighted by molar-refractivity contribution is -0.134. The highest BCUT2D eigenvalue weighted by Gasteiger charge is 2.19. The van der Waals surface area contributed by atoms with Crippen LogP contribution in [0.1, 0.15) is 24.9 Å². The average Bonchev–Trinajstić information content (AvgIpc) is 2.53. The number of carbonyl (C=O) groups excluding carboxylic acids is 1. The molecule has 1 aromatic carbocycles.